The molecule has 1 aliphatic heterocycles. The number of nitrogens with zero attached hydrogens (tertiary/aromatic N) is 1. The fraction of sp³-hybridized carbons (Fsp3) is 0.500. The molecule has 5 heteroatoms. The Morgan fingerprint density at radius 3 is 3.00 bits per heavy atom. The van der Waals surface area contributed by atoms with Crippen molar-refractivity contribution >= 4 is 0 Å². The van der Waals surface area contributed by atoms with Crippen LogP contribution in [0.1, 0.15) is 26.0 Å². The Morgan fingerprint density at radius 1 is 1.65 bits per heavy atom. The first kappa shape index (κ1) is 11.7. The number of aromatic amines is 1. The molecule has 5 nitrogen and oxygen atoms in total. The fourth-order valence-corrected chi connectivity index (χ4v) is 2.05. The molecule has 0 bridgehead atoms. The van der Waals surface area contributed by atoms with Crippen LogP contribution in [0.15, 0.2) is 21.9 Å². The summed E-state index contributed by atoms with van der Waals surface area (Å²) in [5.41, 5.74) is -0.909. The molecule has 0 amide bonds. The molecular formula is C12H14N2O3. The Kier molecular flexibility index (Phi) is 3.16. The third-order valence-electron chi connectivity index (χ3n) is 2.99. The Bertz CT molecular complexity index is 552. The molecule has 1 aromatic heterocycles. The van der Waals surface area contributed by atoms with Gasteiger partial charge in [0, 0.05) is 12.3 Å². The van der Waals surface area contributed by atoms with Crippen LogP contribution in [-0.2, 0) is 4.74 Å². The van der Waals surface area contributed by atoms with Crippen molar-refractivity contribution in [3.05, 3.63) is 33.1 Å². The van der Waals surface area contributed by atoms with Gasteiger partial charge in [-0.25, -0.2) is 4.79 Å². The fourth-order valence-electron chi connectivity index (χ4n) is 2.05. The minimum absolute atomic E-state index is 0.0693. The van der Waals surface area contributed by atoms with E-state index in [0.717, 1.165) is 12.8 Å². The van der Waals surface area contributed by atoms with Crippen LogP contribution in [0.5, 0.6) is 0 Å². The number of hydrogen-bond acceptors (Lipinski definition) is 3. The van der Waals surface area contributed by atoms with E-state index in [4.69, 9.17) is 11.2 Å². The van der Waals surface area contributed by atoms with E-state index in [0.29, 0.717) is 0 Å². The van der Waals surface area contributed by atoms with Gasteiger partial charge in [0.1, 0.15) is 0 Å². The molecule has 3 atom stereocenters. The van der Waals surface area contributed by atoms with Crippen LogP contribution in [0.3, 0.4) is 0 Å². The minimum atomic E-state index is -0.487. The Hall–Kier alpha value is -1.80. The maximum Gasteiger partial charge on any atom is 0.330 e. The molecule has 0 aliphatic carbocycles. The standard InChI is InChI=1S/C12H14N2O3/c1-3-8-7-9(4-2)17-11(8)14-6-5-10(15)13-12(14)16/h1,5-6,8-9,11H,4,7H2,2H3,(H,13,15,16)/t8-,9?,11?/m0/s1. The van der Waals surface area contributed by atoms with Crippen LogP contribution in [0.2, 0.25) is 0 Å². The number of ether oxygens (including phenoxy) is 1. The maximum absolute atomic E-state index is 11.6. The summed E-state index contributed by atoms with van der Waals surface area (Å²) in [6.45, 7) is 2.01. The van der Waals surface area contributed by atoms with Gasteiger partial charge in [-0.15, -0.1) is 6.42 Å². The lowest BCUT2D eigenvalue weighted by Gasteiger charge is -2.16. The number of nitrogens with one attached hydrogen (secondary N) is 1. The summed E-state index contributed by atoms with van der Waals surface area (Å²) in [4.78, 5) is 24.8. The van der Waals surface area contributed by atoms with Gasteiger partial charge in [0.25, 0.3) is 5.56 Å². The smallest absolute Gasteiger partial charge is 0.330 e. The SMILES string of the molecule is C#C[C@H]1CC(CC)OC1n1ccc(=O)[nH]c1=O. The van der Waals surface area contributed by atoms with Gasteiger partial charge in [0.2, 0.25) is 0 Å². The summed E-state index contributed by atoms with van der Waals surface area (Å²) in [6.07, 6.45) is 8.05. The summed E-state index contributed by atoms with van der Waals surface area (Å²) in [6, 6.07) is 1.29. The highest BCUT2D eigenvalue weighted by Crippen LogP contribution is 2.33. The third-order valence-corrected chi connectivity index (χ3v) is 2.99. The van der Waals surface area contributed by atoms with E-state index in [2.05, 4.69) is 10.9 Å². The molecule has 2 rings (SSSR count). The second-order valence-electron chi connectivity index (χ2n) is 4.08. The van der Waals surface area contributed by atoms with Crippen LogP contribution < -0.4 is 11.2 Å². The lowest BCUT2D eigenvalue weighted by Crippen LogP contribution is -2.33. The molecule has 1 N–H and O–H groups in total. The molecule has 1 saturated heterocycles. The number of hydrogen-bond donors (Lipinski definition) is 1. The molecular weight excluding hydrogens is 220 g/mol. The Balaban J connectivity index is 2.36. The summed E-state index contributed by atoms with van der Waals surface area (Å²) in [5, 5.41) is 0. The van der Waals surface area contributed by atoms with E-state index < -0.39 is 17.5 Å². The minimum Gasteiger partial charge on any atom is -0.353 e. The van der Waals surface area contributed by atoms with Gasteiger partial charge >= 0.3 is 5.69 Å². The largest absolute Gasteiger partial charge is 0.353 e. The number of terminal acetylenes is 1. The highest BCUT2D eigenvalue weighted by atomic mass is 16.5. The Morgan fingerprint density at radius 2 is 2.41 bits per heavy atom. The second kappa shape index (κ2) is 4.60. The van der Waals surface area contributed by atoms with Gasteiger partial charge in [-0.2, -0.15) is 0 Å². The first-order chi connectivity index (χ1) is 8.15. The zero-order valence-corrected chi connectivity index (χ0v) is 9.55. The molecule has 2 heterocycles. The van der Waals surface area contributed by atoms with Gasteiger partial charge < -0.3 is 4.74 Å². The molecule has 0 aromatic carbocycles. The van der Waals surface area contributed by atoms with E-state index in [1.165, 1.54) is 16.8 Å². The van der Waals surface area contributed by atoms with Crippen molar-refractivity contribution in [2.75, 3.05) is 0 Å². The normalized spacial score (nSPS) is 27.9. The summed E-state index contributed by atoms with van der Waals surface area (Å²) < 4.78 is 7.07. The van der Waals surface area contributed by atoms with E-state index in [9.17, 15) is 9.59 Å². The molecule has 1 aliphatic rings. The molecule has 1 fully saturated rings. The van der Waals surface area contributed by atoms with Crippen molar-refractivity contribution in [2.45, 2.75) is 32.1 Å². The van der Waals surface area contributed by atoms with Gasteiger partial charge in [0.15, 0.2) is 6.23 Å². The molecule has 1 aromatic rings. The monoisotopic (exact) mass is 234 g/mol. The van der Waals surface area contributed by atoms with Gasteiger partial charge in [-0.3, -0.25) is 14.3 Å². The summed E-state index contributed by atoms with van der Waals surface area (Å²) in [7, 11) is 0. The van der Waals surface area contributed by atoms with Crippen molar-refractivity contribution in [1.82, 2.24) is 9.55 Å². The lowest BCUT2D eigenvalue weighted by atomic mass is 10.0. The average Bonchev–Trinajstić information content (AvgIpc) is 2.72. The van der Waals surface area contributed by atoms with Crippen molar-refractivity contribution in [3.63, 3.8) is 0 Å². The van der Waals surface area contributed by atoms with Crippen LogP contribution in [0, 0.1) is 18.3 Å². The van der Waals surface area contributed by atoms with Crippen LogP contribution in [-0.4, -0.2) is 15.7 Å². The van der Waals surface area contributed by atoms with E-state index in [1.807, 2.05) is 6.92 Å². The zero-order chi connectivity index (χ0) is 12.4. The number of H-pyrrole nitrogens is 1. The molecule has 0 radical (unpaired) electrons. The predicted octanol–water partition coefficient (Wildman–Crippen LogP) is 0.484. The van der Waals surface area contributed by atoms with Gasteiger partial charge in [-0.1, -0.05) is 12.8 Å². The number of rotatable bonds is 2. The first-order valence-corrected chi connectivity index (χ1v) is 5.58. The summed E-state index contributed by atoms with van der Waals surface area (Å²) in [5.74, 6) is 2.51. The van der Waals surface area contributed by atoms with E-state index in [1.54, 1.807) is 0 Å². The highest BCUT2D eigenvalue weighted by Gasteiger charge is 2.34. The summed E-state index contributed by atoms with van der Waals surface area (Å²) >= 11 is 0. The maximum atomic E-state index is 11.6. The van der Waals surface area contributed by atoms with Gasteiger partial charge in [0.05, 0.1) is 12.0 Å². The topological polar surface area (TPSA) is 64.1 Å². The van der Waals surface area contributed by atoms with Crippen LogP contribution >= 0.6 is 0 Å². The van der Waals surface area contributed by atoms with Crippen molar-refractivity contribution in [1.29, 1.82) is 0 Å². The van der Waals surface area contributed by atoms with E-state index >= 15 is 0 Å². The lowest BCUT2D eigenvalue weighted by molar-refractivity contribution is -0.00978. The zero-order valence-electron chi connectivity index (χ0n) is 9.55. The molecule has 17 heavy (non-hydrogen) atoms. The van der Waals surface area contributed by atoms with Crippen LogP contribution in [0.25, 0.3) is 0 Å². The highest BCUT2D eigenvalue weighted by molar-refractivity contribution is 5.01. The first-order valence-electron chi connectivity index (χ1n) is 5.58. The van der Waals surface area contributed by atoms with Crippen molar-refractivity contribution in [3.8, 4) is 12.3 Å². The van der Waals surface area contributed by atoms with Crippen molar-refractivity contribution in [2.24, 2.45) is 5.92 Å². The predicted molar refractivity (Wildman–Crippen MR) is 62.5 cm³/mol. The van der Waals surface area contributed by atoms with E-state index in [-0.39, 0.29) is 12.0 Å². The second-order valence-corrected chi connectivity index (χ2v) is 4.08. The van der Waals surface area contributed by atoms with Gasteiger partial charge in [-0.05, 0) is 12.8 Å². The molecule has 2 unspecified atom stereocenters. The molecule has 90 valence electrons. The quantitative estimate of drug-likeness (QED) is 0.757. The average molecular weight is 234 g/mol. The third kappa shape index (κ3) is 2.17. The number of aromatic nitrogens is 2. The molecule has 0 spiro atoms. The van der Waals surface area contributed by atoms with Crippen LogP contribution in [0.4, 0.5) is 0 Å². The molecule has 0 saturated carbocycles. The van der Waals surface area contributed by atoms with Crippen molar-refractivity contribution < 1.29 is 4.74 Å². The Labute approximate surface area is 98.4 Å².